The van der Waals surface area contributed by atoms with Gasteiger partial charge in [-0.3, -0.25) is 9.69 Å². The zero-order chi connectivity index (χ0) is 14.7. The molecule has 1 aliphatic heterocycles. The van der Waals surface area contributed by atoms with Crippen LogP contribution >= 0.6 is 0 Å². The maximum absolute atomic E-state index is 12.5. The first kappa shape index (κ1) is 15.3. The third-order valence-corrected chi connectivity index (χ3v) is 4.91. The molecule has 5 nitrogen and oxygen atoms in total. The lowest BCUT2D eigenvalue weighted by Gasteiger charge is -2.39. The number of imide groups is 1. The van der Waals surface area contributed by atoms with Crippen LogP contribution in [0.1, 0.15) is 52.4 Å². The van der Waals surface area contributed by atoms with Crippen molar-refractivity contribution in [3.63, 3.8) is 0 Å². The Morgan fingerprint density at radius 3 is 2.65 bits per heavy atom. The third kappa shape index (κ3) is 2.82. The van der Waals surface area contributed by atoms with Crippen LogP contribution in [0.5, 0.6) is 0 Å². The molecule has 0 bridgehead atoms. The molecule has 0 radical (unpaired) electrons. The van der Waals surface area contributed by atoms with Gasteiger partial charge in [0.15, 0.2) is 0 Å². The lowest BCUT2D eigenvalue weighted by Crippen LogP contribution is -2.50. The van der Waals surface area contributed by atoms with E-state index in [9.17, 15) is 9.59 Å². The summed E-state index contributed by atoms with van der Waals surface area (Å²) in [5.41, 5.74) is 5.86. The Bertz CT molecular complexity index is 372. The highest BCUT2D eigenvalue weighted by atomic mass is 16.2. The molecule has 4 atom stereocenters. The van der Waals surface area contributed by atoms with Crippen LogP contribution in [0.3, 0.4) is 0 Å². The van der Waals surface area contributed by atoms with Gasteiger partial charge in [0.2, 0.25) is 0 Å². The van der Waals surface area contributed by atoms with Crippen molar-refractivity contribution in [2.75, 3.05) is 6.54 Å². The van der Waals surface area contributed by atoms with Gasteiger partial charge in [-0.2, -0.15) is 0 Å². The zero-order valence-corrected chi connectivity index (χ0v) is 12.6. The molecular formula is C15H27N3O2. The van der Waals surface area contributed by atoms with Crippen molar-refractivity contribution in [3.05, 3.63) is 0 Å². The van der Waals surface area contributed by atoms with Crippen LogP contribution in [0.15, 0.2) is 0 Å². The first-order valence-corrected chi connectivity index (χ1v) is 7.95. The standard InChI is InChI=1S/C15H27N3O2/c1-3-5-12-14(19)18(15(20)17-12)13-8-10(4-2)6-7-11(13)9-16/h10-13H,3-9,16H2,1-2H3,(H,17,20). The van der Waals surface area contributed by atoms with Gasteiger partial charge in [-0.05, 0) is 44.1 Å². The molecular weight excluding hydrogens is 254 g/mol. The van der Waals surface area contributed by atoms with Gasteiger partial charge in [0.25, 0.3) is 5.91 Å². The molecule has 20 heavy (non-hydrogen) atoms. The van der Waals surface area contributed by atoms with E-state index in [2.05, 4.69) is 12.2 Å². The van der Waals surface area contributed by atoms with Crippen molar-refractivity contribution in [1.82, 2.24) is 10.2 Å². The second-order valence-electron chi connectivity index (χ2n) is 6.15. The molecule has 0 aromatic heterocycles. The van der Waals surface area contributed by atoms with Crippen LogP contribution in [0, 0.1) is 11.8 Å². The van der Waals surface area contributed by atoms with Crippen LogP contribution in [0.25, 0.3) is 0 Å². The second-order valence-corrected chi connectivity index (χ2v) is 6.15. The molecule has 2 aliphatic rings. The van der Waals surface area contributed by atoms with Crippen LogP contribution in [-0.4, -0.2) is 35.5 Å². The average Bonchev–Trinajstić information content (AvgIpc) is 2.73. The van der Waals surface area contributed by atoms with Gasteiger partial charge in [-0.25, -0.2) is 4.79 Å². The lowest BCUT2D eigenvalue weighted by molar-refractivity contribution is -0.130. The number of carbonyl (C=O) groups is 2. The zero-order valence-electron chi connectivity index (χ0n) is 12.6. The third-order valence-electron chi connectivity index (χ3n) is 4.91. The number of urea groups is 1. The molecule has 0 aromatic carbocycles. The van der Waals surface area contributed by atoms with Crippen LogP contribution < -0.4 is 11.1 Å². The summed E-state index contributed by atoms with van der Waals surface area (Å²) in [6, 6.07) is -0.547. The number of rotatable bonds is 5. The minimum Gasteiger partial charge on any atom is -0.330 e. The largest absolute Gasteiger partial charge is 0.330 e. The summed E-state index contributed by atoms with van der Waals surface area (Å²) in [7, 11) is 0. The monoisotopic (exact) mass is 281 g/mol. The van der Waals surface area contributed by atoms with E-state index in [1.165, 1.54) is 4.90 Å². The molecule has 114 valence electrons. The van der Waals surface area contributed by atoms with E-state index in [4.69, 9.17) is 5.73 Å². The van der Waals surface area contributed by atoms with Gasteiger partial charge in [0.1, 0.15) is 6.04 Å². The summed E-state index contributed by atoms with van der Waals surface area (Å²) in [4.78, 5) is 26.1. The summed E-state index contributed by atoms with van der Waals surface area (Å²) >= 11 is 0. The fourth-order valence-electron chi connectivity index (χ4n) is 3.60. The molecule has 1 saturated carbocycles. The number of nitrogens with zero attached hydrogens (tertiary/aromatic N) is 1. The molecule has 3 N–H and O–H groups in total. The Balaban J connectivity index is 2.14. The quantitative estimate of drug-likeness (QED) is 0.755. The highest BCUT2D eigenvalue weighted by Gasteiger charge is 2.45. The number of hydrogen-bond acceptors (Lipinski definition) is 3. The summed E-state index contributed by atoms with van der Waals surface area (Å²) < 4.78 is 0. The van der Waals surface area contributed by atoms with E-state index >= 15 is 0 Å². The highest BCUT2D eigenvalue weighted by molar-refractivity contribution is 6.04. The predicted molar refractivity (Wildman–Crippen MR) is 78.0 cm³/mol. The minimum atomic E-state index is -0.326. The van der Waals surface area contributed by atoms with E-state index in [1.807, 2.05) is 6.92 Å². The van der Waals surface area contributed by atoms with E-state index in [0.29, 0.717) is 12.5 Å². The van der Waals surface area contributed by atoms with Gasteiger partial charge >= 0.3 is 6.03 Å². The summed E-state index contributed by atoms with van der Waals surface area (Å²) in [5.74, 6) is 0.818. The van der Waals surface area contributed by atoms with Crippen molar-refractivity contribution in [3.8, 4) is 0 Å². The normalized spacial score (nSPS) is 34.5. The van der Waals surface area contributed by atoms with Crippen LogP contribution in [-0.2, 0) is 4.79 Å². The van der Waals surface area contributed by atoms with E-state index < -0.39 is 0 Å². The van der Waals surface area contributed by atoms with Crippen molar-refractivity contribution in [2.45, 2.75) is 64.5 Å². The van der Waals surface area contributed by atoms with Gasteiger partial charge in [-0.15, -0.1) is 0 Å². The number of amides is 3. The summed E-state index contributed by atoms with van der Waals surface area (Å²) in [6.07, 6.45) is 5.82. The van der Waals surface area contributed by atoms with Crippen molar-refractivity contribution in [2.24, 2.45) is 17.6 Å². The number of nitrogens with two attached hydrogens (primary N) is 1. The molecule has 5 heteroatoms. The first-order chi connectivity index (χ1) is 9.62. The topological polar surface area (TPSA) is 75.4 Å². The fourth-order valence-corrected chi connectivity index (χ4v) is 3.60. The molecule has 1 heterocycles. The molecule has 0 spiro atoms. The van der Waals surface area contributed by atoms with Crippen molar-refractivity contribution < 1.29 is 9.59 Å². The SMILES string of the molecule is CCCC1NC(=O)N(C2CC(CC)CCC2CN)C1=O. The molecule has 4 unspecified atom stereocenters. The molecule has 0 aromatic rings. The Labute approximate surface area is 121 Å². The van der Waals surface area contributed by atoms with Gasteiger partial charge in [0.05, 0.1) is 0 Å². The number of carbonyl (C=O) groups excluding carboxylic acids is 2. The Morgan fingerprint density at radius 1 is 1.30 bits per heavy atom. The minimum absolute atomic E-state index is 0.00643. The highest BCUT2D eigenvalue weighted by Crippen LogP contribution is 2.35. The molecule has 1 aliphatic carbocycles. The van der Waals surface area contributed by atoms with Crippen LogP contribution in [0.4, 0.5) is 4.79 Å². The molecule has 2 fully saturated rings. The molecule has 3 amide bonds. The first-order valence-electron chi connectivity index (χ1n) is 7.95. The predicted octanol–water partition coefficient (Wildman–Crippen LogP) is 1.86. The average molecular weight is 281 g/mol. The number of nitrogens with one attached hydrogen (secondary N) is 1. The van der Waals surface area contributed by atoms with E-state index in [0.717, 1.165) is 38.5 Å². The van der Waals surface area contributed by atoms with Crippen molar-refractivity contribution >= 4 is 11.9 Å². The maximum atomic E-state index is 12.5. The van der Waals surface area contributed by atoms with Crippen LogP contribution in [0.2, 0.25) is 0 Å². The Kier molecular flexibility index (Phi) is 5.02. The second kappa shape index (κ2) is 6.57. The van der Waals surface area contributed by atoms with E-state index in [-0.39, 0.29) is 29.9 Å². The van der Waals surface area contributed by atoms with E-state index in [1.54, 1.807) is 0 Å². The molecule has 1 saturated heterocycles. The maximum Gasteiger partial charge on any atom is 0.325 e. The Morgan fingerprint density at radius 2 is 2.05 bits per heavy atom. The summed E-state index contributed by atoms with van der Waals surface area (Å²) in [5, 5.41) is 2.83. The van der Waals surface area contributed by atoms with Crippen molar-refractivity contribution in [1.29, 1.82) is 0 Å². The lowest BCUT2D eigenvalue weighted by atomic mass is 9.76. The smallest absolute Gasteiger partial charge is 0.325 e. The van der Waals surface area contributed by atoms with Gasteiger partial charge in [-0.1, -0.05) is 26.7 Å². The summed E-state index contributed by atoms with van der Waals surface area (Å²) in [6.45, 7) is 4.76. The Hall–Kier alpha value is -1.10. The fraction of sp³-hybridized carbons (Fsp3) is 0.867. The number of hydrogen-bond donors (Lipinski definition) is 2. The van der Waals surface area contributed by atoms with Gasteiger partial charge in [0, 0.05) is 6.04 Å². The van der Waals surface area contributed by atoms with Gasteiger partial charge < -0.3 is 11.1 Å². The molecule has 2 rings (SSSR count).